The fourth-order valence-corrected chi connectivity index (χ4v) is 2.01. The highest BCUT2D eigenvalue weighted by Crippen LogP contribution is 2.13. The number of aliphatic hydroxyl groups is 1. The molecule has 0 unspecified atom stereocenters. The zero-order valence-electron chi connectivity index (χ0n) is 10.7. The minimum absolute atomic E-state index is 0.196. The van der Waals surface area contributed by atoms with Crippen LogP contribution in [0.2, 0.25) is 0 Å². The number of likely N-dealkylation sites (N-methyl/N-ethyl adjacent to an activating group) is 1. The summed E-state index contributed by atoms with van der Waals surface area (Å²) in [5.41, 5.74) is 2.27. The number of hydrogen-bond donors (Lipinski definition) is 1. The molecule has 0 aliphatic heterocycles. The van der Waals surface area contributed by atoms with E-state index in [0.717, 1.165) is 18.8 Å². The van der Waals surface area contributed by atoms with E-state index in [2.05, 4.69) is 27.4 Å². The second-order valence-electron chi connectivity index (χ2n) is 4.17. The number of rotatable bonds is 6. The molecule has 0 atom stereocenters. The number of aliphatic hydroxyl groups excluding tert-OH is 1. The van der Waals surface area contributed by atoms with E-state index in [1.54, 1.807) is 6.20 Å². The third-order valence-corrected chi connectivity index (χ3v) is 3.01. The van der Waals surface area contributed by atoms with Crippen molar-refractivity contribution in [3.63, 3.8) is 0 Å². The fourth-order valence-electron chi connectivity index (χ4n) is 2.01. The summed E-state index contributed by atoms with van der Waals surface area (Å²) in [6, 6.07) is 8.12. The molecule has 96 valence electrons. The van der Waals surface area contributed by atoms with Crippen molar-refractivity contribution < 1.29 is 5.11 Å². The first-order valence-electron chi connectivity index (χ1n) is 6.25. The average Bonchev–Trinajstić information content (AvgIpc) is 2.87. The van der Waals surface area contributed by atoms with Gasteiger partial charge in [0.1, 0.15) is 0 Å². The van der Waals surface area contributed by atoms with Gasteiger partial charge in [-0.15, -0.1) is 0 Å². The zero-order chi connectivity index (χ0) is 12.8. The topological polar surface area (TPSA) is 41.3 Å². The molecule has 0 saturated heterocycles. The van der Waals surface area contributed by atoms with E-state index in [1.807, 2.05) is 30.6 Å². The van der Waals surface area contributed by atoms with Gasteiger partial charge < -0.3 is 9.67 Å². The minimum Gasteiger partial charge on any atom is -0.395 e. The lowest BCUT2D eigenvalue weighted by molar-refractivity contribution is 0.195. The smallest absolute Gasteiger partial charge is 0.0636 e. The van der Waals surface area contributed by atoms with Crippen LogP contribution in [-0.4, -0.2) is 39.3 Å². The van der Waals surface area contributed by atoms with Crippen molar-refractivity contribution in [2.24, 2.45) is 0 Å². The molecule has 0 spiro atoms. The standard InChI is InChI=1S/C14H19N3O/c1-2-16(9-10-18)12-14-6-4-8-17(14)13-5-3-7-15-11-13/h3-8,11,18H,2,9-10,12H2,1H3. The molecule has 18 heavy (non-hydrogen) atoms. The molecule has 2 aromatic heterocycles. The van der Waals surface area contributed by atoms with Gasteiger partial charge in [-0.25, -0.2) is 0 Å². The predicted octanol–water partition coefficient (Wildman–Crippen LogP) is 1.69. The van der Waals surface area contributed by atoms with E-state index < -0.39 is 0 Å². The van der Waals surface area contributed by atoms with Crippen LogP contribution in [0.4, 0.5) is 0 Å². The van der Waals surface area contributed by atoms with Crippen LogP contribution in [-0.2, 0) is 6.54 Å². The fraction of sp³-hybridized carbons (Fsp3) is 0.357. The van der Waals surface area contributed by atoms with Crippen LogP contribution < -0.4 is 0 Å². The molecule has 0 aromatic carbocycles. The summed E-state index contributed by atoms with van der Waals surface area (Å²) in [7, 11) is 0. The molecule has 0 fully saturated rings. The molecule has 0 amide bonds. The predicted molar refractivity (Wildman–Crippen MR) is 71.6 cm³/mol. The number of nitrogens with zero attached hydrogens (tertiary/aromatic N) is 3. The van der Waals surface area contributed by atoms with Gasteiger partial charge in [0.2, 0.25) is 0 Å². The molecule has 1 N–H and O–H groups in total. The van der Waals surface area contributed by atoms with E-state index in [0.29, 0.717) is 6.54 Å². The lowest BCUT2D eigenvalue weighted by atomic mass is 10.3. The van der Waals surface area contributed by atoms with Crippen molar-refractivity contribution >= 4 is 0 Å². The Morgan fingerprint density at radius 3 is 2.89 bits per heavy atom. The summed E-state index contributed by atoms with van der Waals surface area (Å²) in [6.07, 6.45) is 5.67. The summed E-state index contributed by atoms with van der Waals surface area (Å²) in [5, 5.41) is 9.02. The van der Waals surface area contributed by atoms with Crippen molar-refractivity contribution in [1.82, 2.24) is 14.5 Å². The molecule has 2 heterocycles. The van der Waals surface area contributed by atoms with Gasteiger partial charge in [-0.3, -0.25) is 9.88 Å². The Kier molecular flexibility index (Phi) is 4.50. The van der Waals surface area contributed by atoms with Crippen molar-refractivity contribution in [3.8, 4) is 5.69 Å². The van der Waals surface area contributed by atoms with Crippen LogP contribution >= 0.6 is 0 Å². The van der Waals surface area contributed by atoms with Crippen molar-refractivity contribution in [2.75, 3.05) is 19.7 Å². The lowest BCUT2D eigenvalue weighted by Crippen LogP contribution is -2.27. The summed E-state index contributed by atoms with van der Waals surface area (Å²) in [6.45, 7) is 4.76. The van der Waals surface area contributed by atoms with Crippen LogP contribution in [0, 0.1) is 0 Å². The van der Waals surface area contributed by atoms with Gasteiger partial charge in [0.15, 0.2) is 0 Å². The molecule has 0 aliphatic carbocycles. The lowest BCUT2D eigenvalue weighted by Gasteiger charge is -2.20. The molecular weight excluding hydrogens is 226 g/mol. The van der Waals surface area contributed by atoms with E-state index in [4.69, 9.17) is 5.11 Å². The maximum Gasteiger partial charge on any atom is 0.0636 e. The zero-order valence-corrected chi connectivity index (χ0v) is 10.7. The Morgan fingerprint density at radius 1 is 1.33 bits per heavy atom. The van der Waals surface area contributed by atoms with Crippen molar-refractivity contribution in [1.29, 1.82) is 0 Å². The second-order valence-corrected chi connectivity index (χ2v) is 4.17. The number of aromatic nitrogens is 2. The van der Waals surface area contributed by atoms with Gasteiger partial charge in [0.25, 0.3) is 0 Å². The molecule has 4 heteroatoms. The number of hydrogen-bond acceptors (Lipinski definition) is 3. The quantitative estimate of drug-likeness (QED) is 0.842. The largest absolute Gasteiger partial charge is 0.395 e. The van der Waals surface area contributed by atoms with Crippen LogP contribution in [0.15, 0.2) is 42.9 Å². The first-order chi connectivity index (χ1) is 8.85. The van der Waals surface area contributed by atoms with E-state index >= 15 is 0 Å². The van der Waals surface area contributed by atoms with E-state index in [-0.39, 0.29) is 6.61 Å². The molecule has 2 rings (SSSR count). The minimum atomic E-state index is 0.196. The summed E-state index contributed by atoms with van der Waals surface area (Å²) in [5.74, 6) is 0. The highest BCUT2D eigenvalue weighted by atomic mass is 16.3. The van der Waals surface area contributed by atoms with Crippen LogP contribution in [0.25, 0.3) is 5.69 Å². The SMILES string of the molecule is CCN(CCO)Cc1cccn1-c1cccnc1. The molecular formula is C14H19N3O. The third kappa shape index (κ3) is 2.97. The van der Waals surface area contributed by atoms with E-state index in [1.165, 1.54) is 5.69 Å². The monoisotopic (exact) mass is 245 g/mol. The molecule has 0 aliphatic rings. The molecule has 2 aromatic rings. The Labute approximate surface area is 108 Å². The Balaban J connectivity index is 2.18. The van der Waals surface area contributed by atoms with Gasteiger partial charge in [0.05, 0.1) is 18.5 Å². The maximum absolute atomic E-state index is 9.02. The van der Waals surface area contributed by atoms with Gasteiger partial charge in [-0.05, 0) is 30.8 Å². The third-order valence-electron chi connectivity index (χ3n) is 3.01. The Bertz CT molecular complexity index is 467. The Hall–Kier alpha value is -1.65. The van der Waals surface area contributed by atoms with Gasteiger partial charge in [0, 0.05) is 31.2 Å². The van der Waals surface area contributed by atoms with Gasteiger partial charge >= 0.3 is 0 Å². The normalized spacial score (nSPS) is 11.1. The van der Waals surface area contributed by atoms with Crippen LogP contribution in [0.3, 0.4) is 0 Å². The van der Waals surface area contributed by atoms with Crippen molar-refractivity contribution in [2.45, 2.75) is 13.5 Å². The van der Waals surface area contributed by atoms with Crippen molar-refractivity contribution in [3.05, 3.63) is 48.5 Å². The summed E-state index contributed by atoms with van der Waals surface area (Å²) in [4.78, 5) is 6.35. The molecule has 4 nitrogen and oxygen atoms in total. The highest BCUT2D eigenvalue weighted by molar-refractivity contribution is 5.31. The molecule has 0 bridgehead atoms. The summed E-state index contributed by atoms with van der Waals surface area (Å²) < 4.78 is 2.13. The molecule has 0 radical (unpaired) electrons. The van der Waals surface area contributed by atoms with E-state index in [9.17, 15) is 0 Å². The summed E-state index contributed by atoms with van der Waals surface area (Å²) >= 11 is 0. The number of pyridine rings is 1. The van der Waals surface area contributed by atoms with Gasteiger partial charge in [-0.2, -0.15) is 0 Å². The first kappa shape index (κ1) is 12.8. The Morgan fingerprint density at radius 2 is 2.22 bits per heavy atom. The maximum atomic E-state index is 9.02. The highest BCUT2D eigenvalue weighted by Gasteiger charge is 2.07. The second kappa shape index (κ2) is 6.33. The average molecular weight is 245 g/mol. The van der Waals surface area contributed by atoms with Crippen LogP contribution in [0.5, 0.6) is 0 Å². The molecule has 0 saturated carbocycles. The first-order valence-corrected chi connectivity index (χ1v) is 6.25. The van der Waals surface area contributed by atoms with Crippen LogP contribution in [0.1, 0.15) is 12.6 Å². The van der Waals surface area contributed by atoms with Gasteiger partial charge in [-0.1, -0.05) is 6.92 Å².